The highest BCUT2D eigenvalue weighted by Gasteiger charge is 2.36. The molecule has 3 amide bonds. The first-order valence-electron chi connectivity index (χ1n) is 8.47. The molecule has 1 aromatic carbocycles. The Morgan fingerprint density at radius 1 is 1.37 bits per heavy atom. The van der Waals surface area contributed by atoms with E-state index in [1.165, 1.54) is 28.1 Å². The van der Waals surface area contributed by atoms with Crippen molar-refractivity contribution in [1.29, 1.82) is 0 Å². The fourth-order valence-electron chi connectivity index (χ4n) is 3.08. The van der Waals surface area contributed by atoms with Gasteiger partial charge < -0.3 is 10.4 Å². The summed E-state index contributed by atoms with van der Waals surface area (Å²) in [5.74, 6) is -0.432. The Morgan fingerprint density at radius 2 is 2.15 bits per heavy atom. The van der Waals surface area contributed by atoms with Crippen LogP contribution >= 0.6 is 11.3 Å². The highest BCUT2D eigenvalue weighted by atomic mass is 32.1. The average Bonchev–Trinajstić information content (AvgIpc) is 3.29. The number of anilines is 2. The van der Waals surface area contributed by atoms with E-state index in [9.17, 15) is 19.5 Å². The van der Waals surface area contributed by atoms with Crippen molar-refractivity contribution >= 4 is 40.1 Å². The van der Waals surface area contributed by atoms with Gasteiger partial charge in [0.05, 0.1) is 5.69 Å². The Morgan fingerprint density at radius 3 is 2.85 bits per heavy atom. The minimum atomic E-state index is -1.08. The Bertz CT molecular complexity index is 882. The molecule has 8 nitrogen and oxygen atoms in total. The van der Waals surface area contributed by atoms with Crippen molar-refractivity contribution in [3.8, 4) is 11.3 Å². The predicted molar refractivity (Wildman–Crippen MR) is 103 cm³/mol. The first-order chi connectivity index (χ1) is 12.9. The zero-order valence-corrected chi connectivity index (χ0v) is 15.8. The summed E-state index contributed by atoms with van der Waals surface area (Å²) >= 11 is 1.31. The molecule has 1 unspecified atom stereocenters. The fourth-order valence-corrected chi connectivity index (χ4v) is 3.89. The highest BCUT2D eigenvalue weighted by Crippen LogP contribution is 2.30. The highest BCUT2D eigenvalue weighted by molar-refractivity contribution is 7.14. The molecule has 27 heavy (non-hydrogen) atoms. The molecule has 0 spiro atoms. The minimum absolute atomic E-state index is 0.156. The van der Waals surface area contributed by atoms with Gasteiger partial charge in [0, 0.05) is 37.1 Å². The quantitative estimate of drug-likeness (QED) is 0.838. The summed E-state index contributed by atoms with van der Waals surface area (Å²) < 4.78 is 0. The van der Waals surface area contributed by atoms with E-state index < -0.39 is 12.1 Å². The number of aromatic nitrogens is 1. The molecule has 1 aliphatic rings. The van der Waals surface area contributed by atoms with Crippen LogP contribution in [0.4, 0.5) is 15.6 Å². The van der Waals surface area contributed by atoms with Crippen LogP contribution in [0.25, 0.3) is 11.3 Å². The lowest BCUT2D eigenvalue weighted by Gasteiger charge is -2.24. The summed E-state index contributed by atoms with van der Waals surface area (Å²) in [6, 6.07) is 6.62. The van der Waals surface area contributed by atoms with Crippen LogP contribution in [0.3, 0.4) is 0 Å². The van der Waals surface area contributed by atoms with E-state index in [1.54, 1.807) is 13.1 Å². The Hall–Kier alpha value is -2.94. The topological polar surface area (TPSA) is 103 Å². The van der Waals surface area contributed by atoms with Crippen molar-refractivity contribution in [3.05, 3.63) is 29.6 Å². The first kappa shape index (κ1) is 18.8. The summed E-state index contributed by atoms with van der Waals surface area (Å²) in [6.45, 7) is 1.82. The van der Waals surface area contributed by atoms with E-state index in [1.807, 2.05) is 23.6 Å². The molecule has 0 radical (unpaired) electrons. The van der Waals surface area contributed by atoms with Crippen LogP contribution in [0.15, 0.2) is 29.6 Å². The first-order valence-corrected chi connectivity index (χ1v) is 9.35. The number of rotatable bonds is 4. The van der Waals surface area contributed by atoms with Gasteiger partial charge in [0.2, 0.25) is 5.91 Å². The van der Waals surface area contributed by atoms with Gasteiger partial charge in [-0.1, -0.05) is 12.1 Å². The van der Waals surface area contributed by atoms with Crippen LogP contribution in [0.2, 0.25) is 0 Å². The van der Waals surface area contributed by atoms with Crippen molar-refractivity contribution < 1.29 is 19.5 Å². The molecule has 1 atom stereocenters. The number of hydrogen-bond donors (Lipinski definition) is 2. The van der Waals surface area contributed by atoms with E-state index in [-0.39, 0.29) is 11.8 Å². The SMILES string of the molecule is CC(=O)Nc1cccc(-c2csc(N(C)C(=O)C3CCCN3C(=O)O)n2)c1. The second-order valence-electron chi connectivity index (χ2n) is 6.31. The Balaban J connectivity index is 1.78. The van der Waals surface area contributed by atoms with Crippen molar-refractivity contribution in [1.82, 2.24) is 9.88 Å². The number of hydrogen-bond acceptors (Lipinski definition) is 5. The molecule has 0 aliphatic carbocycles. The molecule has 142 valence electrons. The van der Waals surface area contributed by atoms with Gasteiger partial charge in [-0.3, -0.25) is 19.4 Å². The maximum absolute atomic E-state index is 12.7. The number of likely N-dealkylation sites (tertiary alicyclic amines) is 1. The third kappa shape index (κ3) is 4.08. The number of likely N-dealkylation sites (N-methyl/N-ethyl adjacent to an activating group) is 1. The average molecular weight is 388 g/mol. The second-order valence-corrected chi connectivity index (χ2v) is 7.15. The Kier molecular flexibility index (Phi) is 5.41. The maximum atomic E-state index is 12.7. The molecule has 2 N–H and O–H groups in total. The zero-order valence-electron chi connectivity index (χ0n) is 15.0. The smallest absolute Gasteiger partial charge is 0.407 e. The standard InChI is InChI=1S/C18H20N4O4S/c1-11(23)19-13-6-3-5-12(9-13)14-10-27-17(20-14)21(2)16(24)15-7-4-8-22(15)18(25)26/h3,5-6,9-10,15H,4,7-8H2,1-2H3,(H,19,23)(H,25,26). The van der Waals surface area contributed by atoms with Gasteiger partial charge in [-0.25, -0.2) is 9.78 Å². The van der Waals surface area contributed by atoms with E-state index in [2.05, 4.69) is 10.3 Å². The number of carbonyl (C=O) groups is 3. The molecule has 9 heteroatoms. The van der Waals surface area contributed by atoms with Crippen LogP contribution in [0.1, 0.15) is 19.8 Å². The lowest BCUT2D eigenvalue weighted by molar-refractivity contribution is -0.122. The summed E-state index contributed by atoms with van der Waals surface area (Å²) in [5, 5.41) is 14.3. The molecule has 2 aromatic rings. The largest absolute Gasteiger partial charge is 0.465 e. The molecule has 0 bridgehead atoms. The second kappa shape index (κ2) is 7.75. The van der Waals surface area contributed by atoms with Gasteiger partial charge in [0.1, 0.15) is 6.04 Å². The van der Waals surface area contributed by atoms with E-state index in [4.69, 9.17) is 0 Å². The van der Waals surface area contributed by atoms with Gasteiger partial charge in [0.25, 0.3) is 5.91 Å². The van der Waals surface area contributed by atoms with Crippen LogP contribution in [-0.4, -0.2) is 52.5 Å². The van der Waals surface area contributed by atoms with Crippen LogP contribution in [0.5, 0.6) is 0 Å². The van der Waals surface area contributed by atoms with Gasteiger partial charge in [-0.05, 0) is 25.0 Å². The number of benzene rings is 1. The summed E-state index contributed by atoms with van der Waals surface area (Å²) in [5.41, 5.74) is 2.17. The van der Waals surface area contributed by atoms with Crippen molar-refractivity contribution in [2.24, 2.45) is 0 Å². The van der Waals surface area contributed by atoms with Gasteiger partial charge in [-0.15, -0.1) is 11.3 Å². The number of nitrogens with zero attached hydrogens (tertiary/aromatic N) is 3. The minimum Gasteiger partial charge on any atom is -0.465 e. The number of carbonyl (C=O) groups excluding carboxylic acids is 2. The van der Waals surface area contributed by atoms with Gasteiger partial charge >= 0.3 is 6.09 Å². The van der Waals surface area contributed by atoms with Crippen LogP contribution in [-0.2, 0) is 9.59 Å². The van der Waals surface area contributed by atoms with Gasteiger partial charge in [0.15, 0.2) is 5.13 Å². The fraction of sp³-hybridized carbons (Fsp3) is 0.333. The van der Waals surface area contributed by atoms with Crippen molar-refractivity contribution in [2.45, 2.75) is 25.8 Å². The normalized spacial score (nSPS) is 16.2. The number of nitrogens with one attached hydrogen (secondary N) is 1. The van der Waals surface area contributed by atoms with E-state index in [0.717, 1.165) is 5.56 Å². The Labute approximate surface area is 160 Å². The predicted octanol–water partition coefficient (Wildman–Crippen LogP) is 2.87. The molecular formula is C18H20N4O4S. The molecule has 0 saturated carbocycles. The third-order valence-electron chi connectivity index (χ3n) is 4.37. The molecule has 1 aromatic heterocycles. The zero-order chi connectivity index (χ0) is 19.6. The summed E-state index contributed by atoms with van der Waals surface area (Å²) in [4.78, 5) is 42.3. The molecule has 1 fully saturated rings. The van der Waals surface area contributed by atoms with E-state index in [0.29, 0.717) is 35.9 Å². The maximum Gasteiger partial charge on any atom is 0.407 e. The summed E-state index contributed by atoms with van der Waals surface area (Å²) in [6.07, 6.45) is 0.121. The van der Waals surface area contributed by atoms with Crippen LogP contribution < -0.4 is 10.2 Å². The molecular weight excluding hydrogens is 368 g/mol. The van der Waals surface area contributed by atoms with Crippen LogP contribution in [0, 0.1) is 0 Å². The third-order valence-corrected chi connectivity index (χ3v) is 5.29. The monoisotopic (exact) mass is 388 g/mol. The molecule has 1 aliphatic heterocycles. The summed E-state index contributed by atoms with van der Waals surface area (Å²) in [7, 11) is 1.61. The number of thiazole rings is 1. The lowest BCUT2D eigenvalue weighted by Crippen LogP contribution is -2.46. The van der Waals surface area contributed by atoms with Crippen molar-refractivity contribution in [2.75, 3.05) is 23.8 Å². The number of carboxylic acid groups (broad SMARTS) is 1. The lowest BCUT2D eigenvalue weighted by atomic mass is 10.1. The van der Waals surface area contributed by atoms with E-state index >= 15 is 0 Å². The van der Waals surface area contributed by atoms with Gasteiger partial charge in [-0.2, -0.15) is 0 Å². The van der Waals surface area contributed by atoms with Crippen molar-refractivity contribution in [3.63, 3.8) is 0 Å². The number of amides is 3. The molecule has 1 saturated heterocycles. The molecule has 2 heterocycles. The molecule has 3 rings (SSSR count).